The lowest BCUT2D eigenvalue weighted by Gasteiger charge is -2.28. The van der Waals surface area contributed by atoms with Crippen LogP contribution in [-0.4, -0.2) is 6.54 Å². The summed E-state index contributed by atoms with van der Waals surface area (Å²) in [5.74, 6) is 0. The lowest BCUT2D eigenvalue weighted by Crippen LogP contribution is -2.13. The van der Waals surface area contributed by atoms with Crippen molar-refractivity contribution in [2.45, 2.75) is 6.92 Å². The number of hydrogen-bond acceptors (Lipinski definition) is 3. The molecule has 2 N–H and O–H groups in total. The van der Waals surface area contributed by atoms with Gasteiger partial charge in [-0.25, -0.2) is 0 Å². The molecule has 60 valence electrons. The summed E-state index contributed by atoms with van der Waals surface area (Å²) >= 11 is 0. The van der Waals surface area contributed by atoms with Crippen LogP contribution in [-0.2, 0) is 0 Å². The number of nitrogens with zero attached hydrogens (tertiary/aromatic N) is 1. The average Bonchev–Trinajstić information content (AvgIpc) is 2.03. The first kappa shape index (κ1) is 7.88. The highest BCUT2D eigenvalue weighted by molar-refractivity contribution is 5.56. The highest BCUT2D eigenvalue weighted by Crippen LogP contribution is 2.15. The lowest BCUT2D eigenvalue weighted by atomic mass is 10.3. The van der Waals surface area contributed by atoms with E-state index in [2.05, 4.69) is 0 Å². The van der Waals surface area contributed by atoms with Crippen LogP contribution in [0.15, 0.2) is 24.3 Å². The Morgan fingerprint density at radius 1 is 1.55 bits per heavy atom. The molecule has 1 aromatic carbocycles. The van der Waals surface area contributed by atoms with Crippen molar-refractivity contribution < 1.29 is 0 Å². The van der Waals surface area contributed by atoms with E-state index in [0.717, 1.165) is 5.06 Å². The summed E-state index contributed by atoms with van der Waals surface area (Å²) in [7, 11) is 0. The van der Waals surface area contributed by atoms with E-state index < -0.39 is 0 Å². The first-order valence-electron chi connectivity index (χ1n) is 3.54. The van der Waals surface area contributed by atoms with Crippen molar-refractivity contribution in [1.29, 1.82) is 0 Å². The minimum atomic E-state index is 0.448. The van der Waals surface area contributed by atoms with Crippen LogP contribution in [0.25, 0.3) is 0 Å². The van der Waals surface area contributed by atoms with Gasteiger partial charge in [0.1, 0.15) is 0 Å². The smallest absolute Gasteiger partial charge is 0.0334 e. The molecular weight excluding hydrogens is 140 g/mol. The number of rotatable bonds is 2. The molecule has 3 heteroatoms. The lowest BCUT2D eigenvalue weighted by molar-refractivity contribution is 1.02. The van der Waals surface area contributed by atoms with Gasteiger partial charge in [0, 0.05) is 17.9 Å². The summed E-state index contributed by atoms with van der Waals surface area (Å²) in [5.41, 5.74) is 6.73. The molecule has 3 nitrogen and oxygen atoms in total. The fourth-order valence-electron chi connectivity index (χ4n) is 0.863. The number of anilines is 2. The van der Waals surface area contributed by atoms with Crippen molar-refractivity contribution in [2.24, 2.45) is 0 Å². The van der Waals surface area contributed by atoms with E-state index >= 15 is 0 Å². The second-order valence-electron chi connectivity index (χ2n) is 2.29. The second kappa shape index (κ2) is 3.25. The van der Waals surface area contributed by atoms with Crippen molar-refractivity contribution in [3.8, 4) is 0 Å². The summed E-state index contributed by atoms with van der Waals surface area (Å²) in [6, 6.07) is 6.93. The van der Waals surface area contributed by atoms with Crippen molar-refractivity contribution in [2.75, 3.05) is 17.3 Å². The first-order valence-corrected chi connectivity index (χ1v) is 3.54. The van der Waals surface area contributed by atoms with E-state index in [4.69, 9.17) is 5.73 Å². The SMILES string of the molecule is CCN([O-])c1cccc(N)c1. The minimum absolute atomic E-state index is 0.448. The zero-order valence-corrected chi connectivity index (χ0v) is 6.45. The maximum atomic E-state index is 11.0. The number of hydroxylamine groups is 1. The van der Waals surface area contributed by atoms with E-state index in [0.29, 0.717) is 17.9 Å². The highest BCUT2D eigenvalue weighted by atomic mass is 16.5. The molecule has 11 heavy (non-hydrogen) atoms. The predicted octanol–water partition coefficient (Wildman–Crippen LogP) is 1.59. The largest absolute Gasteiger partial charge is 0.758 e. The van der Waals surface area contributed by atoms with Gasteiger partial charge in [0.05, 0.1) is 0 Å². The third kappa shape index (κ3) is 1.85. The van der Waals surface area contributed by atoms with E-state index in [9.17, 15) is 5.21 Å². The third-order valence-corrected chi connectivity index (χ3v) is 1.45. The first-order chi connectivity index (χ1) is 5.24. The number of benzene rings is 1. The quantitative estimate of drug-likeness (QED) is 0.516. The Bertz CT molecular complexity index is 237. The van der Waals surface area contributed by atoms with Gasteiger partial charge in [0.25, 0.3) is 0 Å². The molecule has 0 radical (unpaired) electrons. The molecular formula is C8H11N2O-. The van der Waals surface area contributed by atoms with Crippen molar-refractivity contribution in [1.82, 2.24) is 0 Å². The monoisotopic (exact) mass is 151 g/mol. The molecule has 0 aliphatic carbocycles. The summed E-state index contributed by atoms with van der Waals surface area (Å²) in [6.07, 6.45) is 0. The van der Waals surface area contributed by atoms with Crippen LogP contribution in [0.2, 0.25) is 0 Å². The Hall–Kier alpha value is -1.22. The van der Waals surface area contributed by atoms with Gasteiger partial charge in [0.2, 0.25) is 0 Å². The van der Waals surface area contributed by atoms with Gasteiger partial charge < -0.3 is 16.0 Å². The Labute approximate surface area is 66.0 Å². The molecule has 0 atom stereocenters. The Morgan fingerprint density at radius 2 is 2.27 bits per heavy atom. The summed E-state index contributed by atoms with van der Waals surface area (Å²) in [4.78, 5) is 0. The summed E-state index contributed by atoms with van der Waals surface area (Å²) in [6.45, 7) is 2.25. The van der Waals surface area contributed by atoms with Gasteiger partial charge in [-0.1, -0.05) is 6.07 Å². The Kier molecular flexibility index (Phi) is 2.33. The van der Waals surface area contributed by atoms with Crippen LogP contribution in [0.5, 0.6) is 0 Å². The van der Waals surface area contributed by atoms with Gasteiger partial charge in [-0.2, -0.15) is 0 Å². The van der Waals surface area contributed by atoms with Crippen LogP contribution in [0.4, 0.5) is 11.4 Å². The Balaban J connectivity index is 2.86. The molecule has 0 aliphatic rings. The molecule has 0 saturated carbocycles. The molecule has 0 amide bonds. The zero-order valence-electron chi connectivity index (χ0n) is 6.45. The Morgan fingerprint density at radius 3 is 2.82 bits per heavy atom. The molecule has 0 fully saturated rings. The maximum absolute atomic E-state index is 11.0. The van der Waals surface area contributed by atoms with E-state index in [-0.39, 0.29) is 0 Å². The average molecular weight is 151 g/mol. The van der Waals surface area contributed by atoms with Crippen LogP contribution in [0.3, 0.4) is 0 Å². The predicted molar refractivity (Wildman–Crippen MR) is 47.2 cm³/mol. The van der Waals surface area contributed by atoms with Crippen molar-refractivity contribution >= 4 is 11.4 Å². The van der Waals surface area contributed by atoms with E-state index in [1.807, 2.05) is 0 Å². The molecule has 0 aliphatic heterocycles. The van der Waals surface area contributed by atoms with Crippen LogP contribution < -0.4 is 10.8 Å². The number of nitrogen functional groups attached to an aromatic ring is 1. The molecule has 1 aromatic rings. The van der Waals surface area contributed by atoms with E-state index in [1.165, 1.54) is 0 Å². The van der Waals surface area contributed by atoms with E-state index in [1.54, 1.807) is 31.2 Å². The molecule has 1 rings (SSSR count). The van der Waals surface area contributed by atoms with Crippen LogP contribution in [0, 0.1) is 5.21 Å². The highest BCUT2D eigenvalue weighted by Gasteiger charge is 1.91. The third-order valence-electron chi connectivity index (χ3n) is 1.45. The fourth-order valence-corrected chi connectivity index (χ4v) is 0.863. The summed E-state index contributed by atoms with van der Waals surface area (Å²) in [5, 5.41) is 11.9. The molecule has 0 heterocycles. The topological polar surface area (TPSA) is 52.3 Å². The number of hydrogen-bond donors (Lipinski definition) is 1. The fraction of sp³-hybridized carbons (Fsp3) is 0.250. The molecule has 0 spiro atoms. The maximum Gasteiger partial charge on any atom is 0.0334 e. The van der Waals surface area contributed by atoms with Crippen molar-refractivity contribution in [3.05, 3.63) is 29.5 Å². The standard InChI is InChI=1S/C8H11N2O/c1-2-10(11)8-5-3-4-7(9)6-8/h3-6H,2,9H2,1H3/q-1. The van der Waals surface area contributed by atoms with Gasteiger partial charge >= 0.3 is 0 Å². The van der Waals surface area contributed by atoms with Gasteiger partial charge in [-0.05, 0) is 25.1 Å². The van der Waals surface area contributed by atoms with Crippen LogP contribution in [0.1, 0.15) is 6.92 Å². The zero-order chi connectivity index (χ0) is 8.27. The van der Waals surface area contributed by atoms with Crippen molar-refractivity contribution in [3.63, 3.8) is 0 Å². The molecule has 0 saturated heterocycles. The molecule has 0 bridgehead atoms. The second-order valence-corrected chi connectivity index (χ2v) is 2.29. The summed E-state index contributed by atoms with van der Waals surface area (Å²) < 4.78 is 0. The van der Waals surface area contributed by atoms with Gasteiger partial charge in [-0.15, -0.1) is 0 Å². The minimum Gasteiger partial charge on any atom is -0.758 e. The van der Waals surface area contributed by atoms with Crippen LogP contribution >= 0.6 is 0 Å². The van der Waals surface area contributed by atoms with Gasteiger partial charge in [-0.3, -0.25) is 0 Å². The van der Waals surface area contributed by atoms with Gasteiger partial charge in [0.15, 0.2) is 0 Å². The molecule has 0 aromatic heterocycles. The molecule has 0 unspecified atom stereocenters. The normalized spacial score (nSPS) is 9.64. The number of nitrogens with two attached hydrogens (primary N) is 1.